The van der Waals surface area contributed by atoms with Gasteiger partial charge in [-0.25, -0.2) is 4.39 Å². The van der Waals surface area contributed by atoms with E-state index in [1.165, 1.54) is 0 Å². The molecule has 0 aliphatic rings. The smallest absolute Gasteiger partial charge is 0.128 e. The van der Waals surface area contributed by atoms with Crippen molar-refractivity contribution in [3.8, 4) is 0 Å². The summed E-state index contributed by atoms with van der Waals surface area (Å²) in [5.41, 5.74) is 6.23. The normalized spacial score (nSPS) is 12.4. The third-order valence-corrected chi connectivity index (χ3v) is 3.22. The van der Waals surface area contributed by atoms with E-state index < -0.39 is 0 Å². The quantitative estimate of drug-likeness (QED) is 0.655. The van der Waals surface area contributed by atoms with Gasteiger partial charge in [-0.2, -0.15) is 0 Å². The van der Waals surface area contributed by atoms with Crippen molar-refractivity contribution in [2.75, 3.05) is 0 Å². The molecule has 19 heavy (non-hydrogen) atoms. The standard InChI is InChI=1S/C15H18FN3/c1-10-7-11(2)15(13(16)8-10)14(19-17)9-12-3-5-18-6-4-12/h3-8,14,19H,9,17H2,1-2H3. The van der Waals surface area contributed by atoms with Crippen molar-refractivity contribution in [1.82, 2.24) is 10.4 Å². The van der Waals surface area contributed by atoms with Crippen LogP contribution in [0.2, 0.25) is 0 Å². The third-order valence-electron chi connectivity index (χ3n) is 3.22. The van der Waals surface area contributed by atoms with Crippen molar-refractivity contribution in [1.29, 1.82) is 0 Å². The molecule has 0 amide bonds. The van der Waals surface area contributed by atoms with Crippen LogP contribution in [0.3, 0.4) is 0 Å². The lowest BCUT2D eigenvalue weighted by atomic mass is 9.94. The molecule has 1 unspecified atom stereocenters. The Morgan fingerprint density at radius 2 is 1.95 bits per heavy atom. The monoisotopic (exact) mass is 259 g/mol. The number of hydrogen-bond donors (Lipinski definition) is 2. The summed E-state index contributed by atoms with van der Waals surface area (Å²) in [5, 5.41) is 0. The van der Waals surface area contributed by atoms with E-state index in [-0.39, 0.29) is 11.9 Å². The summed E-state index contributed by atoms with van der Waals surface area (Å²) >= 11 is 0. The van der Waals surface area contributed by atoms with Crippen molar-refractivity contribution < 1.29 is 4.39 Å². The zero-order valence-electron chi connectivity index (χ0n) is 11.2. The zero-order valence-corrected chi connectivity index (χ0v) is 11.2. The maximum Gasteiger partial charge on any atom is 0.128 e. The van der Waals surface area contributed by atoms with Crippen LogP contribution in [0.1, 0.15) is 28.3 Å². The molecule has 0 saturated carbocycles. The lowest BCUT2D eigenvalue weighted by molar-refractivity contribution is 0.507. The summed E-state index contributed by atoms with van der Waals surface area (Å²) in [6.07, 6.45) is 4.07. The number of nitrogens with one attached hydrogen (secondary N) is 1. The number of hydrazine groups is 1. The Hall–Kier alpha value is -1.78. The van der Waals surface area contributed by atoms with Crippen molar-refractivity contribution >= 4 is 0 Å². The Morgan fingerprint density at radius 3 is 2.53 bits per heavy atom. The number of benzene rings is 1. The Morgan fingerprint density at radius 1 is 1.26 bits per heavy atom. The molecule has 1 atom stereocenters. The van der Waals surface area contributed by atoms with Gasteiger partial charge in [0.15, 0.2) is 0 Å². The first-order valence-electron chi connectivity index (χ1n) is 6.23. The largest absolute Gasteiger partial charge is 0.271 e. The predicted molar refractivity (Wildman–Crippen MR) is 73.9 cm³/mol. The summed E-state index contributed by atoms with van der Waals surface area (Å²) in [7, 11) is 0. The minimum atomic E-state index is -0.247. The second kappa shape index (κ2) is 5.91. The molecular weight excluding hydrogens is 241 g/mol. The zero-order chi connectivity index (χ0) is 13.8. The molecule has 0 bridgehead atoms. The Bertz CT molecular complexity index is 532. The molecular formula is C15H18FN3. The Labute approximate surface area is 112 Å². The summed E-state index contributed by atoms with van der Waals surface area (Å²) in [5.74, 6) is 5.38. The van der Waals surface area contributed by atoms with Crippen LogP contribution >= 0.6 is 0 Å². The summed E-state index contributed by atoms with van der Waals surface area (Å²) in [4.78, 5) is 3.97. The number of pyridine rings is 1. The van der Waals surface area contributed by atoms with E-state index in [1.54, 1.807) is 18.5 Å². The van der Waals surface area contributed by atoms with E-state index in [9.17, 15) is 4.39 Å². The number of aryl methyl sites for hydroxylation is 2. The fourth-order valence-electron chi connectivity index (χ4n) is 2.37. The minimum absolute atomic E-state index is 0.213. The van der Waals surface area contributed by atoms with Crippen LogP contribution in [-0.2, 0) is 6.42 Å². The van der Waals surface area contributed by atoms with Crippen molar-refractivity contribution in [2.24, 2.45) is 5.84 Å². The number of hydrogen-bond acceptors (Lipinski definition) is 3. The van der Waals surface area contributed by atoms with E-state index >= 15 is 0 Å². The van der Waals surface area contributed by atoms with Gasteiger partial charge in [-0.15, -0.1) is 0 Å². The highest BCUT2D eigenvalue weighted by atomic mass is 19.1. The first-order chi connectivity index (χ1) is 9.11. The molecule has 1 aromatic heterocycles. The molecule has 0 spiro atoms. The van der Waals surface area contributed by atoms with Gasteiger partial charge in [0.2, 0.25) is 0 Å². The van der Waals surface area contributed by atoms with E-state index in [1.807, 2.05) is 32.0 Å². The molecule has 0 radical (unpaired) electrons. The van der Waals surface area contributed by atoms with Gasteiger partial charge in [-0.3, -0.25) is 16.3 Å². The van der Waals surface area contributed by atoms with Gasteiger partial charge in [-0.1, -0.05) is 6.07 Å². The third kappa shape index (κ3) is 3.16. The molecule has 3 N–H and O–H groups in total. The van der Waals surface area contributed by atoms with E-state index in [0.29, 0.717) is 12.0 Å². The van der Waals surface area contributed by atoms with Crippen LogP contribution < -0.4 is 11.3 Å². The number of aromatic nitrogens is 1. The number of rotatable bonds is 4. The molecule has 100 valence electrons. The van der Waals surface area contributed by atoms with Gasteiger partial charge in [0.1, 0.15) is 5.82 Å². The van der Waals surface area contributed by atoms with Gasteiger partial charge in [-0.05, 0) is 55.2 Å². The van der Waals surface area contributed by atoms with Gasteiger partial charge in [0.25, 0.3) is 0 Å². The molecule has 0 aliphatic carbocycles. The second-order valence-corrected chi connectivity index (χ2v) is 4.76. The summed E-state index contributed by atoms with van der Waals surface area (Å²) < 4.78 is 14.1. The Balaban J connectivity index is 2.32. The topological polar surface area (TPSA) is 50.9 Å². The first-order valence-corrected chi connectivity index (χ1v) is 6.23. The molecule has 1 aromatic carbocycles. The minimum Gasteiger partial charge on any atom is -0.271 e. The lowest BCUT2D eigenvalue weighted by Gasteiger charge is -2.20. The van der Waals surface area contributed by atoms with Crippen LogP contribution in [0.4, 0.5) is 4.39 Å². The van der Waals surface area contributed by atoms with Crippen molar-refractivity contribution in [2.45, 2.75) is 26.3 Å². The molecule has 1 heterocycles. The molecule has 4 heteroatoms. The molecule has 0 aliphatic heterocycles. The Kier molecular flexibility index (Phi) is 4.24. The van der Waals surface area contributed by atoms with Gasteiger partial charge < -0.3 is 0 Å². The first kappa shape index (κ1) is 13.6. The van der Waals surface area contributed by atoms with E-state index in [0.717, 1.165) is 16.7 Å². The van der Waals surface area contributed by atoms with Crippen LogP contribution in [0.25, 0.3) is 0 Å². The maximum atomic E-state index is 14.1. The average Bonchev–Trinajstić information content (AvgIpc) is 2.37. The highest BCUT2D eigenvalue weighted by molar-refractivity contribution is 5.35. The lowest BCUT2D eigenvalue weighted by Crippen LogP contribution is -2.31. The molecule has 0 fully saturated rings. The van der Waals surface area contributed by atoms with Crippen LogP contribution in [-0.4, -0.2) is 4.98 Å². The van der Waals surface area contributed by atoms with Crippen LogP contribution in [0, 0.1) is 19.7 Å². The SMILES string of the molecule is Cc1cc(C)c(C(Cc2ccncc2)NN)c(F)c1. The van der Waals surface area contributed by atoms with Crippen LogP contribution in [0.15, 0.2) is 36.7 Å². The number of nitrogens with zero attached hydrogens (tertiary/aromatic N) is 1. The second-order valence-electron chi connectivity index (χ2n) is 4.76. The van der Waals surface area contributed by atoms with Gasteiger partial charge >= 0.3 is 0 Å². The predicted octanol–water partition coefficient (Wildman–Crippen LogP) is 2.58. The van der Waals surface area contributed by atoms with Crippen LogP contribution in [0.5, 0.6) is 0 Å². The van der Waals surface area contributed by atoms with E-state index in [4.69, 9.17) is 5.84 Å². The molecule has 2 rings (SSSR count). The van der Waals surface area contributed by atoms with Crippen molar-refractivity contribution in [3.63, 3.8) is 0 Å². The van der Waals surface area contributed by atoms with Crippen molar-refractivity contribution in [3.05, 3.63) is 64.7 Å². The molecule has 0 saturated heterocycles. The maximum absolute atomic E-state index is 14.1. The highest BCUT2D eigenvalue weighted by Crippen LogP contribution is 2.25. The summed E-state index contributed by atoms with van der Waals surface area (Å²) in [6, 6.07) is 7.08. The van der Waals surface area contributed by atoms with Gasteiger partial charge in [0, 0.05) is 18.0 Å². The highest BCUT2D eigenvalue weighted by Gasteiger charge is 2.17. The average molecular weight is 259 g/mol. The molecule has 3 nitrogen and oxygen atoms in total. The van der Waals surface area contributed by atoms with Gasteiger partial charge in [0.05, 0.1) is 6.04 Å². The van der Waals surface area contributed by atoms with E-state index in [2.05, 4.69) is 10.4 Å². The fraction of sp³-hybridized carbons (Fsp3) is 0.267. The number of nitrogens with two attached hydrogens (primary N) is 1. The number of halogens is 1. The fourth-order valence-corrected chi connectivity index (χ4v) is 2.37. The molecule has 2 aromatic rings. The summed E-state index contributed by atoms with van der Waals surface area (Å²) in [6.45, 7) is 3.79.